The molecule has 0 aliphatic heterocycles. The van der Waals surface area contributed by atoms with Gasteiger partial charge in [-0.2, -0.15) is 0 Å². The average Bonchev–Trinajstić information content (AvgIpc) is 2.48. The van der Waals surface area contributed by atoms with Crippen LogP contribution in [0.1, 0.15) is 29.3 Å². The molecule has 0 heterocycles. The first kappa shape index (κ1) is 15.4. The van der Waals surface area contributed by atoms with Crippen LogP contribution in [0.5, 0.6) is 5.75 Å². The molecule has 0 saturated heterocycles. The van der Waals surface area contributed by atoms with Gasteiger partial charge in [0.1, 0.15) is 5.75 Å². The van der Waals surface area contributed by atoms with Gasteiger partial charge in [-0.3, -0.25) is 4.79 Å². The van der Waals surface area contributed by atoms with Crippen LogP contribution in [0.4, 0.5) is 5.69 Å². The van der Waals surface area contributed by atoms with Crippen LogP contribution in [0.15, 0.2) is 42.5 Å². The Hall–Kier alpha value is -2.00. The summed E-state index contributed by atoms with van der Waals surface area (Å²) in [6.45, 7) is 4.58. The number of carbonyl (C=O) groups is 1. The minimum Gasteiger partial charge on any atom is -0.493 e. The third kappa shape index (κ3) is 4.23. The molecule has 0 bridgehead atoms. The molecular formula is C17H18ClNO2. The second-order valence-corrected chi connectivity index (χ2v) is 5.25. The Bertz CT molecular complexity index is 623. The first-order valence-corrected chi connectivity index (χ1v) is 7.28. The lowest BCUT2D eigenvalue weighted by Crippen LogP contribution is -2.14. The van der Waals surface area contributed by atoms with Crippen LogP contribution in [0, 0.1) is 6.92 Å². The van der Waals surface area contributed by atoms with E-state index in [2.05, 4.69) is 5.32 Å². The molecule has 110 valence electrons. The fourth-order valence-corrected chi connectivity index (χ4v) is 2.02. The molecule has 21 heavy (non-hydrogen) atoms. The number of halogens is 1. The number of ether oxygens (including phenoxy) is 1. The van der Waals surface area contributed by atoms with Crippen molar-refractivity contribution in [3.63, 3.8) is 0 Å². The van der Waals surface area contributed by atoms with Crippen LogP contribution in [0.25, 0.3) is 0 Å². The molecule has 0 aromatic heterocycles. The fraction of sp³-hybridized carbons (Fsp3) is 0.235. The van der Waals surface area contributed by atoms with E-state index in [0.717, 1.165) is 17.7 Å². The first-order chi connectivity index (χ1) is 10.1. The molecule has 2 rings (SSSR count). The smallest absolute Gasteiger partial charge is 0.259 e. The lowest BCUT2D eigenvalue weighted by molar-refractivity contribution is 0.102. The molecule has 0 spiro atoms. The Kier molecular flexibility index (Phi) is 5.23. The Morgan fingerprint density at radius 1 is 1.19 bits per heavy atom. The minimum absolute atomic E-state index is 0.229. The van der Waals surface area contributed by atoms with Gasteiger partial charge < -0.3 is 10.1 Å². The van der Waals surface area contributed by atoms with Gasteiger partial charge in [0.25, 0.3) is 5.91 Å². The van der Waals surface area contributed by atoms with Crippen molar-refractivity contribution in [3.05, 3.63) is 58.6 Å². The van der Waals surface area contributed by atoms with Crippen LogP contribution in [-0.2, 0) is 0 Å². The summed E-state index contributed by atoms with van der Waals surface area (Å²) in [5, 5.41) is 3.36. The van der Waals surface area contributed by atoms with Gasteiger partial charge in [-0.25, -0.2) is 0 Å². The van der Waals surface area contributed by atoms with Crippen LogP contribution in [0.3, 0.4) is 0 Å². The van der Waals surface area contributed by atoms with Gasteiger partial charge in [-0.05, 0) is 43.7 Å². The Morgan fingerprint density at radius 2 is 1.90 bits per heavy atom. The van der Waals surface area contributed by atoms with Gasteiger partial charge in [0.2, 0.25) is 0 Å². The van der Waals surface area contributed by atoms with Crippen molar-refractivity contribution in [1.82, 2.24) is 0 Å². The van der Waals surface area contributed by atoms with E-state index in [1.807, 2.05) is 38.1 Å². The van der Waals surface area contributed by atoms with Gasteiger partial charge in [0.15, 0.2) is 0 Å². The van der Waals surface area contributed by atoms with Crippen molar-refractivity contribution in [2.45, 2.75) is 20.3 Å². The Balaban J connectivity index is 2.20. The van der Waals surface area contributed by atoms with E-state index in [9.17, 15) is 4.79 Å². The highest BCUT2D eigenvalue weighted by Gasteiger charge is 2.13. The first-order valence-electron chi connectivity index (χ1n) is 6.90. The third-order valence-electron chi connectivity index (χ3n) is 2.96. The summed E-state index contributed by atoms with van der Waals surface area (Å²) < 4.78 is 5.60. The van der Waals surface area contributed by atoms with E-state index in [4.69, 9.17) is 16.3 Å². The van der Waals surface area contributed by atoms with Gasteiger partial charge in [0, 0.05) is 10.7 Å². The second-order valence-electron chi connectivity index (χ2n) is 4.81. The van der Waals surface area contributed by atoms with E-state index in [1.165, 1.54) is 0 Å². The number of amides is 1. The average molecular weight is 304 g/mol. The van der Waals surface area contributed by atoms with Crippen LogP contribution >= 0.6 is 11.6 Å². The fourth-order valence-electron chi connectivity index (χ4n) is 1.85. The van der Waals surface area contributed by atoms with Crippen LogP contribution in [-0.4, -0.2) is 12.5 Å². The maximum absolute atomic E-state index is 12.4. The molecule has 1 amide bonds. The molecule has 0 aliphatic carbocycles. The summed E-state index contributed by atoms with van der Waals surface area (Å²) in [6, 6.07) is 12.7. The number of carbonyl (C=O) groups excluding carboxylic acids is 1. The van der Waals surface area contributed by atoms with Crippen molar-refractivity contribution >= 4 is 23.2 Å². The van der Waals surface area contributed by atoms with E-state index in [1.54, 1.807) is 18.2 Å². The highest BCUT2D eigenvalue weighted by atomic mass is 35.5. The molecule has 0 unspecified atom stereocenters. The molecule has 0 aliphatic rings. The highest BCUT2D eigenvalue weighted by molar-refractivity contribution is 6.31. The third-order valence-corrected chi connectivity index (χ3v) is 3.19. The summed E-state index contributed by atoms with van der Waals surface area (Å²) >= 11 is 5.98. The number of rotatable bonds is 5. The quantitative estimate of drug-likeness (QED) is 0.870. The predicted octanol–water partition coefficient (Wildman–Crippen LogP) is 4.69. The van der Waals surface area contributed by atoms with E-state index in [0.29, 0.717) is 22.9 Å². The predicted molar refractivity (Wildman–Crippen MR) is 86.4 cm³/mol. The zero-order chi connectivity index (χ0) is 15.2. The normalized spacial score (nSPS) is 10.2. The van der Waals surface area contributed by atoms with E-state index >= 15 is 0 Å². The minimum atomic E-state index is -0.229. The zero-order valence-electron chi connectivity index (χ0n) is 12.2. The maximum atomic E-state index is 12.4. The lowest BCUT2D eigenvalue weighted by atomic mass is 10.1. The molecule has 3 nitrogen and oxygen atoms in total. The summed E-state index contributed by atoms with van der Waals surface area (Å²) in [5.41, 5.74) is 2.33. The van der Waals surface area contributed by atoms with Crippen LogP contribution in [0.2, 0.25) is 5.02 Å². The Morgan fingerprint density at radius 3 is 2.57 bits per heavy atom. The molecule has 0 fully saturated rings. The summed E-state index contributed by atoms with van der Waals surface area (Å²) in [5.74, 6) is 0.318. The van der Waals surface area contributed by atoms with Crippen molar-refractivity contribution in [3.8, 4) is 5.75 Å². The SMILES string of the molecule is CCCOc1ccc(Cl)cc1C(=O)Nc1ccc(C)cc1. The molecule has 0 saturated carbocycles. The molecule has 0 radical (unpaired) electrons. The van der Waals surface area contributed by atoms with Gasteiger partial charge >= 0.3 is 0 Å². The number of aryl methyl sites for hydroxylation is 1. The molecule has 4 heteroatoms. The van der Waals surface area contributed by atoms with E-state index < -0.39 is 0 Å². The molecule has 1 N–H and O–H groups in total. The van der Waals surface area contributed by atoms with E-state index in [-0.39, 0.29) is 5.91 Å². The lowest BCUT2D eigenvalue weighted by Gasteiger charge is -2.12. The van der Waals surface area contributed by atoms with Gasteiger partial charge in [-0.1, -0.05) is 36.2 Å². The van der Waals surface area contributed by atoms with Crippen molar-refractivity contribution < 1.29 is 9.53 Å². The molecule has 2 aromatic rings. The standard InChI is InChI=1S/C17H18ClNO2/c1-3-10-21-16-9-6-13(18)11-15(16)17(20)19-14-7-4-12(2)5-8-14/h4-9,11H,3,10H2,1-2H3,(H,19,20). The number of benzene rings is 2. The topological polar surface area (TPSA) is 38.3 Å². The summed E-state index contributed by atoms with van der Waals surface area (Å²) in [6.07, 6.45) is 0.877. The summed E-state index contributed by atoms with van der Waals surface area (Å²) in [7, 11) is 0. The van der Waals surface area contributed by atoms with Crippen molar-refractivity contribution in [2.24, 2.45) is 0 Å². The van der Waals surface area contributed by atoms with Gasteiger partial charge in [0.05, 0.1) is 12.2 Å². The monoisotopic (exact) mass is 303 g/mol. The van der Waals surface area contributed by atoms with Crippen molar-refractivity contribution in [2.75, 3.05) is 11.9 Å². The van der Waals surface area contributed by atoms with Gasteiger partial charge in [-0.15, -0.1) is 0 Å². The largest absolute Gasteiger partial charge is 0.493 e. The zero-order valence-corrected chi connectivity index (χ0v) is 12.9. The second kappa shape index (κ2) is 7.14. The molecule has 2 aromatic carbocycles. The number of anilines is 1. The maximum Gasteiger partial charge on any atom is 0.259 e. The molecule has 0 atom stereocenters. The number of nitrogens with one attached hydrogen (secondary N) is 1. The highest BCUT2D eigenvalue weighted by Crippen LogP contribution is 2.24. The summed E-state index contributed by atoms with van der Waals surface area (Å²) in [4.78, 5) is 12.4. The number of hydrogen-bond donors (Lipinski definition) is 1. The van der Waals surface area contributed by atoms with Crippen LogP contribution < -0.4 is 10.1 Å². The van der Waals surface area contributed by atoms with Crippen molar-refractivity contribution in [1.29, 1.82) is 0 Å². The number of hydrogen-bond acceptors (Lipinski definition) is 2. The molecular weight excluding hydrogens is 286 g/mol. The Labute approximate surface area is 129 Å².